The van der Waals surface area contributed by atoms with E-state index >= 15 is 0 Å². The molecule has 0 saturated heterocycles. The maximum absolute atomic E-state index is 11.8. The van der Waals surface area contributed by atoms with Crippen LogP contribution in [0.3, 0.4) is 0 Å². The maximum Gasteiger partial charge on any atom is 0.338 e. The largest absolute Gasteiger partial charge is 0.481 e. The summed E-state index contributed by atoms with van der Waals surface area (Å²) in [4.78, 5) is 22.9. The molecule has 1 N–H and O–H groups in total. The second-order valence-electron chi connectivity index (χ2n) is 4.20. The van der Waals surface area contributed by atoms with Crippen LogP contribution >= 0.6 is 0 Å². The summed E-state index contributed by atoms with van der Waals surface area (Å²) in [7, 11) is 0. The summed E-state index contributed by atoms with van der Waals surface area (Å²) in [5, 5.41) is 9.07. The standard InChI is InChI=1S/C14H14O4/c15-13(16)11-8-4-5-9-12(11)18-14(17)10-6-2-1-3-7-10/h1-7,11-12H,8-9H2,(H,15,16)/t11-,12+/m0/s1. The van der Waals surface area contributed by atoms with Gasteiger partial charge in [-0.1, -0.05) is 30.4 Å². The minimum atomic E-state index is -0.926. The molecule has 1 aliphatic rings. The minimum Gasteiger partial charge on any atom is -0.481 e. The quantitative estimate of drug-likeness (QED) is 0.656. The number of benzene rings is 1. The van der Waals surface area contributed by atoms with Gasteiger partial charge in [0.1, 0.15) is 6.10 Å². The highest BCUT2D eigenvalue weighted by Gasteiger charge is 2.31. The number of allylic oxidation sites excluding steroid dienone is 1. The second kappa shape index (κ2) is 5.49. The molecule has 2 rings (SSSR count). The molecule has 0 unspecified atom stereocenters. The van der Waals surface area contributed by atoms with Gasteiger partial charge in [-0.05, 0) is 18.6 Å². The molecular formula is C14H14O4. The van der Waals surface area contributed by atoms with Crippen LogP contribution in [0.25, 0.3) is 0 Å². The number of carbonyl (C=O) groups is 2. The Bertz CT molecular complexity index is 464. The van der Waals surface area contributed by atoms with Crippen molar-refractivity contribution in [3.63, 3.8) is 0 Å². The number of carboxylic acids is 1. The van der Waals surface area contributed by atoms with Gasteiger partial charge in [-0.3, -0.25) is 4.79 Å². The molecule has 1 aliphatic carbocycles. The van der Waals surface area contributed by atoms with Crippen molar-refractivity contribution in [3.8, 4) is 0 Å². The molecule has 0 radical (unpaired) electrons. The molecule has 0 fully saturated rings. The maximum atomic E-state index is 11.8. The number of carbonyl (C=O) groups excluding carboxylic acids is 1. The van der Waals surface area contributed by atoms with E-state index in [0.29, 0.717) is 18.4 Å². The van der Waals surface area contributed by atoms with Gasteiger partial charge in [0, 0.05) is 6.42 Å². The van der Waals surface area contributed by atoms with Crippen molar-refractivity contribution in [2.24, 2.45) is 5.92 Å². The molecule has 0 spiro atoms. The van der Waals surface area contributed by atoms with Crippen LogP contribution < -0.4 is 0 Å². The summed E-state index contributed by atoms with van der Waals surface area (Å²) >= 11 is 0. The van der Waals surface area contributed by atoms with Crippen molar-refractivity contribution >= 4 is 11.9 Å². The molecule has 0 saturated carbocycles. The van der Waals surface area contributed by atoms with Gasteiger partial charge in [0.2, 0.25) is 0 Å². The van der Waals surface area contributed by atoms with E-state index in [4.69, 9.17) is 9.84 Å². The van der Waals surface area contributed by atoms with Crippen LogP contribution in [0.4, 0.5) is 0 Å². The Labute approximate surface area is 105 Å². The molecule has 0 bridgehead atoms. The number of carboxylic acid groups (broad SMARTS) is 1. The van der Waals surface area contributed by atoms with E-state index in [2.05, 4.69) is 0 Å². The van der Waals surface area contributed by atoms with Gasteiger partial charge in [-0.15, -0.1) is 0 Å². The van der Waals surface area contributed by atoms with E-state index in [0.717, 1.165) is 0 Å². The van der Waals surface area contributed by atoms with E-state index in [1.807, 2.05) is 12.2 Å². The first kappa shape index (κ1) is 12.4. The average molecular weight is 246 g/mol. The first-order chi connectivity index (χ1) is 8.68. The Morgan fingerprint density at radius 2 is 1.78 bits per heavy atom. The lowest BCUT2D eigenvalue weighted by atomic mass is 9.91. The van der Waals surface area contributed by atoms with Crippen LogP contribution in [0.1, 0.15) is 23.2 Å². The van der Waals surface area contributed by atoms with Crippen LogP contribution in [0.5, 0.6) is 0 Å². The van der Waals surface area contributed by atoms with Gasteiger partial charge in [0.05, 0.1) is 11.5 Å². The summed E-state index contributed by atoms with van der Waals surface area (Å²) in [6, 6.07) is 8.59. The summed E-state index contributed by atoms with van der Waals surface area (Å²) < 4.78 is 5.28. The van der Waals surface area contributed by atoms with E-state index in [1.165, 1.54) is 0 Å². The van der Waals surface area contributed by atoms with Crippen molar-refractivity contribution < 1.29 is 19.4 Å². The third kappa shape index (κ3) is 2.77. The fourth-order valence-electron chi connectivity index (χ4n) is 1.96. The molecule has 1 aromatic carbocycles. The Morgan fingerprint density at radius 1 is 1.11 bits per heavy atom. The van der Waals surface area contributed by atoms with E-state index < -0.39 is 24.0 Å². The van der Waals surface area contributed by atoms with E-state index in [1.54, 1.807) is 30.3 Å². The molecular weight excluding hydrogens is 232 g/mol. The van der Waals surface area contributed by atoms with Gasteiger partial charge in [0.25, 0.3) is 0 Å². The first-order valence-electron chi connectivity index (χ1n) is 5.82. The van der Waals surface area contributed by atoms with Gasteiger partial charge < -0.3 is 9.84 Å². The molecule has 4 heteroatoms. The second-order valence-corrected chi connectivity index (χ2v) is 4.20. The Morgan fingerprint density at radius 3 is 2.44 bits per heavy atom. The lowest BCUT2D eigenvalue weighted by molar-refractivity contribution is -0.145. The fraction of sp³-hybridized carbons (Fsp3) is 0.286. The van der Waals surface area contributed by atoms with Crippen LogP contribution in [0, 0.1) is 5.92 Å². The Kier molecular flexibility index (Phi) is 3.77. The topological polar surface area (TPSA) is 63.6 Å². The van der Waals surface area contributed by atoms with Crippen LogP contribution in [-0.2, 0) is 9.53 Å². The Hall–Kier alpha value is -2.10. The SMILES string of the molecule is O=C(O[C@@H]1CC=CC[C@@H]1C(=O)O)c1ccccc1. The molecule has 1 aromatic rings. The van der Waals surface area contributed by atoms with Crippen molar-refractivity contribution in [2.45, 2.75) is 18.9 Å². The fourth-order valence-corrected chi connectivity index (χ4v) is 1.96. The van der Waals surface area contributed by atoms with Crippen molar-refractivity contribution in [1.82, 2.24) is 0 Å². The van der Waals surface area contributed by atoms with Crippen molar-refractivity contribution in [1.29, 1.82) is 0 Å². The van der Waals surface area contributed by atoms with Crippen molar-refractivity contribution in [2.75, 3.05) is 0 Å². The summed E-state index contributed by atoms with van der Waals surface area (Å²) in [5.41, 5.74) is 0.441. The molecule has 4 nitrogen and oxygen atoms in total. The van der Waals surface area contributed by atoms with Gasteiger partial charge in [-0.25, -0.2) is 4.79 Å². The van der Waals surface area contributed by atoms with Crippen LogP contribution in [0.15, 0.2) is 42.5 Å². The van der Waals surface area contributed by atoms with Gasteiger partial charge in [-0.2, -0.15) is 0 Å². The number of aliphatic carboxylic acids is 1. The number of hydrogen-bond acceptors (Lipinski definition) is 3. The number of ether oxygens (including phenoxy) is 1. The number of rotatable bonds is 3. The first-order valence-corrected chi connectivity index (χ1v) is 5.82. The Balaban J connectivity index is 2.06. The highest BCUT2D eigenvalue weighted by molar-refractivity contribution is 5.89. The monoisotopic (exact) mass is 246 g/mol. The molecule has 0 aliphatic heterocycles. The zero-order valence-corrected chi connectivity index (χ0v) is 9.78. The minimum absolute atomic E-state index is 0.405. The summed E-state index contributed by atoms with van der Waals surface area (Å²) in [6.45, 7) is 0. The van der Waals surface area contributed by atoms with E-state index in [9.17, 15) is 9.59 Å². The predicted octanol–water partition coefficient (Wildman–Crippen LogP) is 2.26. The summed E-state index contributed by atoms with van der Waals surface area (Å²) in [5.74, 6) is -2.05. The third-order valence-electron chi connectivity index (χ3n) is 2.96. The highest BCUT2D eigenvalue weighted by atomic mass is 16.5. The molecule has 2 atom stereocenters. The van der Waals surface area contributed by atoms with Crippen LogP contribution in [0.2, 0.25) is 0 Å². The molecule has 0 aromatic heterocycles. The molecule has 0 amide bonds. The third-order valence-corrected chi connectivity index (χ3v) is 2.96. The van der Waals surface area contributed by atoms with Gasteiger partial charge >= 0.3 is 11.9 Å². The van der Waals surface area contributed by atoms with E-state index in [-0.39, 0.29) is 0 Å². The van der Waals surface area contributed by atoms with Gasteiger partial charge in [0.15, 0.2) is 0 Å². The lowest BCUT2D eigenvalue weighted by Gasteiger charge is -2.25. The number of esters is 1. The highest BCUT2D eigenvalue weighted by Crippen LogP contribution is 2.23. The predicted molar refractivity (Wildman–Crippen MR) is 65.1 cm³/mol. The number of hydrogen-bond donors (Lipinski definition) is 1. The molecule has 94 valence electrons. The average Bonchev–Trinajstić information content (AvgIpc) is 2.40. The smallest absolute Gasteiger partial charge is 0.338 e. The molecule has 0 heterocycles. The zero-order chi connectivity index (χ0) is 13.0. The zero-order valence-electron chi connectivity index (χ0n) is 9.78. The summed E-state index contributed by atoms with van der Waals surface area (Å²) in [6.07, 6.45) is 3.94. The normalized spacial score (nSPS) is 22.4. The molecule has 18 heavy (non-hydrogen) atoms. The van der Waals surface area contributed by atoms with Crippen LogP contribution in [-0.4, -0.2) is 23.1 Å². The van der Waals surface area contributed by atoms with Crippen molar-refractivity contribution in [3.05, 3.63) is 48.0 Å². The lowest BCUT2D eigenvalue weighted by Crippen LogP contribution is -2.33.